The van der Waals surface area contributed by atoms with Gasteiger partial charge in [-0.15, -0.1) is 0 Å². The third-order valence-electron chi connectivity index (χ3n) is 4.20. The summed E-state index contributed by atoms with van der Waals surface area (Å²) in [5, 5.41) is 0. The number of aryl methyl sites for hydroxylation is 1. The lowest BCUT2D eigenvalue weighted by Gasteiger charge is -2.17. The Morgan fingerprint density at radius 3 is 2.14 bits per heavy atom. The molecule has 0 radical (unpaired) electrons. The Morgan fingerprint density at radius 1 is 0.905 bits per heavy atom. The van der Waals surface area contributed by atoms with Gasteiger partial charge in [0.05, 0.1) is 0 Å². The van der Waals surface area contributed by atoms with Crippen LogP contribution >= 0.6 is 0 Å². The molecular formula is C20H25N. The normalized spacial score (nSPS) is 12.5. The molecule has 21 heavy (non-hydrogen) atoms. The van der Waals surface area contributed by atoms with Crippen molar-refractivity contribution in [1.82, 2.24) is 0 Å². The molecule has 2 N–H and O–H groups in total. The molecule has 2 aromatic rings. The van der Waals surface area contributed by atoms with Gasteiger partial charge in [0, 0.05) is 5.69 Å². The number of benzene rings is 2. The van der Waals surface area contributed by atoms with E-state index in [1.54, 1.807) is 0 Å². The zero-order chi connectivity index (χ0) is 15.6. The molecule has 0 saturated heterocycles. The molecule has 0 bridgehead atoms. The van der Waals surface area contributed by atoms with Crippen LogP contribution < -0.4 is 5.73 Å². The van der Waals surface area contributed by atoms with Crippen LogP contribution in [0.4, 0.5) is 5.69 Å². The molecule has 1 nitrogen and oxygen atoms in total. The first-order valence-corrected chi connectivity index (χ1v) is 7.55. The summed E-state index contributed by atoms with van der Waals surface area (Å²) in [6.45, 7) is 11.0. The van der Waals surface area contributed by atoms with Crippen molar-refractivity contribution in [3.05, 3.63) is 64.7 Å². The summed E-state index contributed by atoms with van der Waals surface area (Å²) in [7, 11) is 0. The second kappa shape index (κ2) is 6.17. The maximum atomic E-state index is 5.86. The Hall–Kier alpha value is -2.02. The molecule has 0 heterocycles. The summed E-state index contributed by atoms with van der Waals surface area (Å²) in [5.41, 5.74) is 14.6. The largest absolute Gasteiger partial charge is 0.399 e. The molecule has 0 aliphatic carbocycles. The highest BCUT2D eigenvalue weighted by atomic mass is 14.5. The van der Waals surface area contributed by atoms with Crippen LogP contribution in [0.15, 0.2) is 42.5 Å². The van der Waals surface area contributed by atoms with Gasteiger partial charge in [-0.25, -0.2) is 0 Å². The number of hydrogen-bond donors (Lipinski definition) is 1. The Kier molecular flexibility index (Phi) is 4.52. The fourth-order valence-electron chi connectivity index (χ4n) is 2.85. The molecule has 0 fully saturated rings. The van der Waals surface area contributed by atoms with Gasteiger partial charge in [-0.2, -0.15) is 0 Å². The number of nitrogen functional groups attached to an aromatic ring is 1. The van der Waals surface area contributed by atoms with Crippen molar-refractivity contribution in [2.45, 2.75) is 40.5 Å². The van der Waals surface area contributed by atoms with Crippen molar-refractivity contribution >= 4 is 16.8 Å². The van der Waals surface area contributed by atoms with Crippen LogP contribution in [-0.4, -0.2) is 0 Å². The zero-order valence-electron chi connectivity index (χ0n) is 13.7. The van der Waals surface area contributed by atoms with E-state index < -0.39 is 0 Å². The summed E-state index contributed by atoms with van der Waals surface area (Å²) >= 11 is 0. The van der Waals surface area contributed by atoms with Gasteiger partial charge in [0.15, 0.2) is 0 Å². The molecule has 0 spiro atoms. The van der Waals surface area contributed by atoms with Gasteiger partial charge in [-0.1, -0.05) is 44.2 Å². The van der Waals surface area contributed by atoms with Crippen molar-refractivity contribution in [3.8, 4) is 0 Å². The lowest BCUT2D eigenvalue weighted by Crippen LogP contribution is -1.97. The summed E-state index contributed by atoms with van der Waals surface area (Å²) in [4.78, 5) is 0. The Labute approximate surface area is 128 Å². The monoisotopic (exact) mass is 279 g/mol. The van der Waals surface area contributed by atoms with Gasteiger partial charge in [0.25, 0.3) is 0 Å². The standard InChI is InChI=1S/C20H25N/c1-13(2)18-8-6-7-9-20(18)16(5)15(4)19-11-10-17(21)12-14(19)3/h6-13H,21H2,1-5H3/b16-15+. The van der Waals surface area contributed by atoms with Crippen LogP contribution in [0.25, 0.3) is 11.1 Å². The van der Waals surface area contributed by atoms with Gasteiger partial charge in [-0.05, 0) is 72.2 Å². The molecule has 0 saturated carbocycles. The van der Waals surface area contributed by atoms with E-state index in [4.69, 9.17) is 5.73 Å². The van der Waals surface area contributed by atoms with E-state index in [1.807, 2.05) is 12.1 Å². The van der Waals surface area contributed by atoms with Crippen molar-refractivity contribution in [2.75, 3.05) is 5.73 Å². The van der Waals surface area contributed by atoms with E-state index in [-0.39, 0.29) is 0 Å². The van der Waals surface area contributed by atoms with E-state index in [2.05, 4.69) is 65.0 Å². The van der Waals surface area contributed by atoms with Crippen LogP contribution in [0.1, 0.15) is 55.9 Å². The molecule has 0 amide bonds. The maximum Gasteiger partial charge on any atom is 0.0317 e. The minimum absolute atomic E-state index is 0.525. The first-order chi connectivity index (χ1) is 9.91. The van der Waals surface area contributed by atoms with Gasteiger partial charge in [0.1, 0.15) is 0 Å². The summed E-state index contributed by atoms with van der Waals surface area (Å²) in [6.07, 6.45) is 0. The van der Waals surface area contributed by atoms with Crippen LogP contribution in [-0.2, 0) is 0 Å². The molecule has 1 heteroatoms. The minimum atomic E-state index is 0.525. The Bertz CT molecular complexity index is 678. The fraction of sp³-hybridized carbons (Fsp3) is 0.300. The van der Waals surface area contributed by atoms with E-state index in [0.717, 1.165) is 5.69 Å². The van der Waals surface area contributed by atoms with E-state index in [9.17, 15) is 0 Å². The van der Waals surface area contributed by atoms with Crippen LogP contribution in [0.3, 0.4) is 0 Å². The second-order valence-corrected chi connectivity index (χ2v) is 6.07. The quantitative estimate of drug-likeness (QED) is 0.570. The third-order valence-corrected chi connectivity index (χ3v) is 4.20. The molecule has 2 aromatic carbocycles. The topological polar surface area (TPSA) is 26.0 Å². The molecule has 0 aliphatic rings. The predicted octanol–water partition coefficient (Wildman–Crippen LogP) is 5.65. The van der Waals surface area contributed by atoms with Gasteiger partial charge < -0.3 is 5.73 Å². The molecule has 110 valence electrons. The Morgan fingerprint density at radius 2 is 1.52 bits per heavy atom. The summed E-state index contributed by atoms with van der Waals surface area (Å²) in [5.74, 6) is 0.525. The SMILES string of the molecule is C/C(=C(/C)c1ccccc1C(C)C)c1ccc(N)cc1C. The van der Waals surface area contributed by atoms with Gasteiger partial charge >= 0.3 is 0 Å². The molecule has 0 atom stereocenters. The average molecular weight is 279 g/mol. The van der Waals surface area contributed by atoms with Crippen LogP contribution in [0, 0.1) is 6.92 Å². The molecule has 0 aliphatic heterocycles. The molecule has 2 rings (SSSR count). The molecule has 0 unspecified atom stereocenters. The van der Waals surface area contributed by atoms with Gasteiger partial charge in [0.2, 0.25) is 0 Å². The van der Waals surface area contributed by atoms with E-state index >= 15 is 0 Å². The number of rotatable bonds is 3. The first-order valence-electron chi connectivity index (χ1n) is 7.55. The van der Waals surface area contributed by atoms with E-state index in [0.29, 0.717) is 5.92 Å². The van der Waals surface area contributed by atoms with Crippen LogP contribution in [0.2, 0.25) is 0 Å². The third kappa shape index (κ3) is 3.18. The molecular weight excluding hydrogens is 254 g/mol. The average Bonchev–Trinajstić information content (AvgIpc) is 2.45. The highest BCUT2D eigenvalue weighted by molar-refractivity contribution is 5.91. The lowest BCUT2D eigenvalue weighted by molar-refractivity contribution is 0.862. The van der Waals surface area contributed by atoms with Crippen molar-refractivity contribution in [2.24, 2.45) is 0 Å². The van der Waals surface area contributed by atoms with Crippen LogP contribution in [0.5, 0.6) is 0 Å². The smallest absolute Gasteiger partial charge is 0.0317 e. The first kappa shape index (κ1) is 15.4. The highest BCUT2D eigenvalue weighted by Gasteiger charge is 2.11. The number of nitrogens with two attached hydrogens (primary N) is 1. The van der Waals surface area contributed by atoms with Gasteiger partial charge in [-0.3, -0.25) is 0 Å². The highest BCUT2D eigenvalue weighted by Crippen LogP contribution is 2.32. The number of anilines is 1. The summed E-state index contributed by atoms with van der Waals surface area (Å²) in [6, 6.07) is 14.8. The number of hydrogen-bond acceptors (Lipinski definition) is 1. The van der Waals surface area contributed by atoms with Crippen molar-refractivity contribution in [3.63, 3.8) is 0 Å². The van der Waals surface area contributed by atoms with Crippen molar-refractivity contribution in [1.29, 1.82) is 0 Å². The summed E-state index contributed by atoms with van der Waals surface area (Å²) < 4.78 is 0. The minimum Gasteiger partial charge on any atom is -0.399 e. The fourth-order valence-corrected chi connectivity index (χ4v) is 2.85. The lowest BCUT2D eigenvalue weighted by atomic mass is 9.88. The van der Waals surface area contributed by atoms with Crippen molar-refractivity contribution < 1.29 is 0 Å². The Balaban J connectivity index is 2.58. The van der Waals surface area contributed by atoms with E-state index in [1.165, 1.54) is 33.4 Å². The maximum absolute atomic E-state index is 5.86. The zero-order valence-corrected chi connectivity index (χ0v) is 13.7. The number of allylic oxidation sites excluding steroid dienone is 2. The predicted molar refractivity (Wildman–Crippen MR) is 94.3 cm³/mol. The molecule has 0 aromatic heterocycles. The second-order valence-electron chi connectivity index (χ2n) is 6.07.